The molecule has 1 fully saturated rings. The van der Waals surface area contributed by atoms with Gasteiger partial charge in [0.1, 0.15) is 11.6 Å². The van der Waals surface area contributed by atoms with Crippen molar-refractivity contribution in [3.63, 3.8) is 0 Å². The van der Waals surface area contributed by atoms with Crippen LogP contribution >= 0.6 is 0 Å². The molecule has 1 aromatic carbocycles. The number of hydrogen-bond donors (Lipinski definition) is 1. The third-order valence-electron chi connectivity index (χ3n) is 4.51. The van der Waals surface area contributed by atoms with E-state index in [0.29, 0.717) is 30.7 Å². The number of halogens is 1. The fourth-order valence-corrected chi connectivity index (χ4v) is 3.12. The summed E-state index contributed by atoms with van der Waals surface area (Å²) in [4.78, 5) is 25.5. The second-order valence-corrected chi connectivity index (χ2v) is 6.00. The average molecular weight is 331 g/mol. The second-order valence-electron chi connectivity index (χ2n) is 6.00. The van der Waals surface area contributed by atoms with Gasteiger partial charge < -0.3 is 14.4 Å². The van der Waals surface area contributed by atoms with Crippen molar-refractivity contribution in [2.24, 2.45) is 5.92 Å². The highest BCUT2D eigenvalue weighted by Crippen LogP contribution is 2.28. The topological polar surface area (TPSA) is 70.8 Å². The largest absolute Gasteiger partial charge is 0.481 e. The molecular formula is C18H18FNO4. The molecule has 6 heteroatoms. The van der Waals surface area contributed by atoms with Crippen molar-refractivity contribution in [1.29, 1.82) is 0 Å². The zero-order valence-electron chi connectivity index (χ0n) is 13.2. The van der Waals surface area contributed by atoms with Crippen LogP contribution in [-0.2, 0) is 4.79 Å². The Kier molecular flexibility index (Phi) is 4.38. The molecule has 1 aliphatic heterocycles. The van der Waals surface area contributed by atoms with Crippen LogP contribution < -0.4 is 0 Å². The molecule has 0 bridgehead atoms. The number of carbonyl (C=O) groups excluding carboxylic acids is 1. The molecule has 3 rings (SSSR count). The molecule has 24 heavy (non-hydrogen) atoms. The Balaban J connectivity index is 1.80. The Morgan fingerprint density at radius 3 is 2.58 bits per heavy atom. The number of carboxylic acid groups (broad SMARTS) is 1. The fraction of sp³-hybridized carbons (Fsp3) is 0.333. The van der Waals surface area contributed by atoms with Crippen molar-refractivity contribution in [3.8, 4) is 11.3 Å². The second kappa shape index (κ2) is 6.47. The maximum atomic E-state index is 13.0. The standard InChI is InChI=1S/C18H18FNO4/c1-11-14(18(22)23)3-2-10-20(11)17(21)16-9-8-15(24-16)12-4-6-13(19)7-5-12/h4-9,11,14H,2-3,10H2,1H3,(H,22,23)/t11-,14-/m1/s1. The van der Waals surface area contributed by atoms with E-state index >= 15 is 0 Å². The summed E-state index contributed by atoms with van der Waals surface area (Å²) in [6.45, 7) is 2.26. The Morgan fingerprint density at radius 1 is 1.21 bits per heavy atom. The van der Waals surface area contributed by atoms with Crippen LogP contribution in [0.5, 0.6) is 0 Å². The van der Waals surface area contributed by atoms with Crippen LogP contribution in [0.2, 0.25) is 0 Å². The number of likely N-dealkylation sites (tertiary alicyclic amines) is 1. The molecule has 0 radical (unpaired) electrons. The molecule has 1 aromatic heterocycles. The van der Waals surface area contributed by atoms with E-state index in [1.54, 1.807) is 36.1 Å². The summed E-state index contributed by atoms with van der Waals surface area (Å²) >= 11 is 0. The lowest BCUT2D eigenvalue weighted by Gasteiger charge is -2.36. The Bertz CT molecular complexity index is 753. The van der Waals surface area contributed by atoms with E-state index in [2.05, 4.69) is 0 Å². The quantitative estimate of drug-likeness (QED) is 0.935. The molecule has 2 aromatic rings. The minimum Gasteiger partial charge on any atom is -0.481 e. The van der Waals surface area contributed by atoms with Gasteiger partial charge in [-0.25, -0.2) is 4.39 Å². The molecule has 1 N–H and O–H groups in total. The number of rotatable bonds is 3. The smallest absolute Gasteiger partial charge is 0.308 e. The average Bonchev–Trinajstić information content (AvgIpc) is 3.05. The van der Waals surface area contributed by atoms with Gasteiger partial charge in [0, 0.05) is 18.2 Å². The van der Waals surface area contributed by atoms with Gasteiger partial charge in [-0.2, -0.15) is 0 Å². The van der Waals surface area contributed by atoms with Gasteiger partial charge in [0.2, 0.25) is 0 Å². The number of carboxylic acids is 1. The van der Waals surface area contributed by atoms with Crippen LogP contribution in [0.4, 0.5) is 4.39 Å². The van der Waals surface area contributed by atoms with Gasteiger partial charge in [0.15, 0.2) is 5.76 Å². The zero-order chi connectivity index (χ0) is 17.3. The number of carbonyl (C=O) groups is 2. The molecule has 126 valence electrons. The summed E-state index contributed by atoms with van der Waals surface area (Å²) in [6.07, 6.45) is 1.22. The Hall–Kier alpha value is -2.63. The zero-order valence-corrected chi connectivity index (χ0v) is 13.2. The van der Waals surface area contributed by atoms with Crippen LogP contribution in [0.25, 0.3) is 11.3 Å². The molecule has 5 nitrogen and oxygen atoms in total. The molecule has 2 heterocycles. The molecule has 1 amide bonds. The van der Waals surface area contributed by atoms with E-state index in [-0.39, 0.29) is 23.5 Å². The van der Waals surface area contributed by atoms with Gasteiger partial charge in [-0.3, -0.25) is 9.59 Å². The van der Waals surface area contributed by atoms with Gasteiger partial charge in [-0.1, -0.05) is 0 Å². The number of piperidine rings is 1. The maximum absolute atomic E-state index is 13.0. The Labute approximate surface area is 138 Å². The van der Waals surface area contributed by atoms with Gasteiger partial charge in [0.05, 0.1) is 5.92 Å². The number of amides is 1. The van der Waals surface area contributed by atoms with Crippen LogP contribution in [0, 0.1) is 11.7 Å². The van der Waals surface area contributed by atoms with E-state index in [1.165, 1.54) is 12.1 Å². The summed E-state index contributed by atoms with van der Waals surface area (Å²) in [5.74, 6) is -1.48. The summed E-state index contributed by atoms with van der Waals surface area (Å²) in [6, 6.07) is 8.64. The third kappa shape index (κ3) is 3.04. The van der Waals surface area contributed by atoms with Crippen LogP contribution in [0.3, 0.4) is 0 Å². The summed E-state index contributed by atoms with van der Waals surface area (Å²) < 4.78 is 18.6. The van der Waals surface area contributed by atoms with Gasteiger partial charge in [-0.05, 0) is 56.2 Å². The van der Waals surface area contributed by atoms with Crippen molar-refractivity contribution in [2.45, 2.75) is 25.8 Å². The molecule has 2 atom stereocenters. The number of nitrogens with zero attached hydrogens (tertiary/aromatic N) is 1. The van der Waals surface area contributed by atoms with Crippen molar-refractivity contribution < 1.29 is 23.5 Å². The summed E-state index contributed by atoms with van der Waals surface area (Å²) in [5, 5.41) is 9.26. The van der Waals surface area contributed by atoms with Crippen molar-refractivity contribution in [3.05, 3.63) is 48.0 Å². The lowest BCUT2D eigenvalue weighted by Crippen LogP contribution is -2.49. The van der Waals surface area contributed by atoms with E-state index in [4.69, 9.17) is 4.42 Å². The monoisotopic (exact) mass is 331 g/mol. The van der Waals surface area contributed by atoms with Crippen molar-refractivity contribution in [2.75, 3.05) is 6.54 Å². The lowest BCUT2D eigenvalue weighted by molar-refractivity contribution is -0.145. The molecule has 0 saturated carbocycles. The van der Waals surface area contributed by atoms with E-state index < -0.39 is 11.9 Å². The first-order valence-corrected chi connectivity index (χ1v) is 7.87. The maximum Gasteiger partial charge on any atom is 0.308 e. The SMILES string of the molecule is C[C@@H]1[C@H](C(=O)O)CCCN1C(=O)c1ccc(-c2ccc(F)cc2)o1. The highest BCUT2D eigenvalue weighted by molar-refractivity contribution is 5.92. The predicted octanol–water partition coefficient (Wildman–Crippen LogP) is 3.41. The van der Waals surface area contributed by atoms with E-state index in [0.717, 1.165) is 0 Å². The molecule has 1 saturated heterocycles. The highest BCUT2D eigenvalue weighted by atomic mass is 19.1. The van der Waals surface area contributed by atoms with Crippen LogP contribution in [0.1, 0.15) is 30.3 Å². The lowest BCUT2D eigenvalue weighted by atomic mass is 9.90. The van der Waals surface area contributed by atoms with Gasteiger partial charge >= 0.3 is 5.97 Å². The number of hydrogen-bond acceptors (Lipinski definition) is 3. The van der Waals surface area contributed by atoms with Gasteiger partial charge in [-0.15, -0.1) is 0 Å². The van der Waals surface area contributed by atoms with E-state index in [1.807, 2.05) is 0 Å². The summed E-state index contributed by atoms with van der Waals surface area (Å²) in [7, 11) is 0. The van der Waals surface area contributed by atoms with Gasteiger partial charge in [0.25, 0.3) is 5.91 Å². The highest BCUT2D eigenvalue weighted by Gasteiger charge is 2.36. The first-order chi connectivity index (χ1) is 11.5. The molecule has 1 aliphatic rings. The molecular weight excluding hydrogens is 313 g/mol. The number of aliphatic carboxylic acids is 1. The molecule has 0 spiro atoms. The van der Waals surface area contributed by atoms with E-state index in [9.17, 15) is 19.1 Å². The molecule has 0 unspecified atom stereocenters. The van der Waals surface area contributed by atoms with Crippen molar-refractivity contribution in [1.82, 2.24) is 4.90 Å². The number of benzene rings is 1. The summed E-state index contributed by atoms with van der Waals surface area (Å²) in [5.41, 5.74) is 0.672. The molecule has 0 aliphatic carbocycles. The third-order valence-corrected chi connectivity index (χ3v) is 4.51. The number of furan rings is 1. The Morgan fingerprint density at radius 2 is 1.92 bits per heavy atom. The van der Waals surface area contributed by atoms with Crippen LogP contribution in [0.15, 0.2) is 40.8 Å². The first kappa shape index (κ1) is 16.2. The predicted molar refractivity (Wildman–Crippen MR) is 85.0 cm³/mol. The minimum absolute atomic E-state index is 0.159. The normalized spacial score (nSPS) is 20.8. The fourth-order valence-electron chi connectivity index (χ4n) is 3.12. The first-order valence-electron chi connectivity index (χ1n) is 7.87. The van der Waals surface area contributed by atoms with Crippen molar-refractivity contribution >= 4 is 11.9 Å². The minimum atomic E-state index is -0.883. The van der Waals surface area contributed by atoms with Crippen LogP contribution in [-0.4, -0.2) is 34.5 Å².